The van der Waals surface area contributed by atoms with Crippen molar-refractivity contribution < 1.29 is 13.9 Å². The summed E-state index contributed by atoms with van der Waals surface area (Å²) in [4.78, 5) is 11.8. The molecule has 1 aromatic carbocycles. The predicted octanol–water partition coefficient (Wildman–Crippen LogP) is 2.70. The lowest BCUT2D eigenvalue weighted by Crippen LogP contribution is -2.23. The molecule has 4 nitrogen and oxygen atoms in total. The summed E-state index contributed by atoms with van der Waals surface area (Å²) >= 11 is 0. The second kappa shape index (κ2) is 7.24. The molecule has 1 aliphatic heterocycles. The number of nitrogens with one attached hydrogen (secondary N) is 2. The highest BCUT2D eigenvalue weighted by Crippen LogP contribution is 2.21. The van der Waals surface area contributed by atoms with Crippen LogP contribution in [0.3, 0.4) is 0 Å². The number of carbonyl (C=O) groups excluding carboxylic acids is 1. The van der Waals surface area contributed by atoms with E-state index in [1.807, 2.05) is 0 Å². The molecule has 2 N–H and O–H groups in total. The largest absolute Gasteiger partial charge is 0.491 e. The van der Waals surface area contributed by atoms with Crippen molar-refractivity contribution in [2.24, 2.45) is 0 Å². The zero-order valence-corrected chi connectivity index (χ0v) is 11.7. The molecule has 2 rings (SSSR count). The van der Waals surface area contributed by atoms with Crippen LogP contribution < -0.4 is 15.4 Å². The normalized spacial score (nSPS) is 18.0. The maximum absolute atomic E-state index is 13.6. The van der Waals surface area contributed by atoms with Crippen LogP contribution >= 0.6 is 0 Å². The lowest BCUT2D eigenvalue weighted by atomic mass is 10.1. The highest BCUT2D eigenvalue weighted by molar-refractivity contribution is 5.90. The summed E-state index contributed by atoms with van der Waals surface area (Å²) in [5.74, 6) is -0.329. The van der Waals surface area contributed by atoms with Crippen molar-refractivity contribution in [2.75, 3.05) is 18.5 Å². The van der Waals surface area contributed by atoms with Crippen molar-refractivity contribution in [1.82, 2.24) is 5.32 Å². The van der Waals surface area contributed by atoms with E-state index in [2.05, 4.69) is 10.6 Å². The van der Waals surface area contributed by atoms with Gasteiger partial charge in [-0.1, -0.05) is 0 Å². The topological polar surface area (TPSA) is 50.4 Å². The second-order valence-corrected chi connectivity index (χ2v) is 4.96. The molecule has 5 heteroatoms. The number of hydrogen-bond donors (Lipinski definition) is 2. The first-order valence-electron chi connectivity index (χ1n) is 7.14. The summed E-state index contributed by atoms with van der Waals surface area (Å²) < 4.78 is 18.7. The Hall–Kier alpha value is -1.62. The molecule has 0 saturated carbocycles. The van der Waals surface area contributed by atoms with E-state index in [1.54, 1.807) is 13.0 Å². The van der Waals surface area contributed by atoms with Crippen molar-refractivity contribution in [2.45, 2.75) is 38.6 Å². The Balaban J connectivity index is 1.82. The first kappa shape index (κ1) is 14.8. The molecule has 1 heterocycles. The third kappa shape index (κ3) is 4.20. The van der Waals surface area contributed by atoms with E-state index in [0.717, 1.165) is 19.4 Å². The second-order valence-electron chi connectivity index (χ2n) is 4.96. The van der Waals surface area contributed by atoms with Gasteiger partial charge in [0.25, 0.3) is 0 Å². The van der Waals surface area contributed by atoms with E-state index >= 15 is 0 Å². The monoisotopic (exact) mass is 280 g/mol. The SMILES string of the molecule is CCOc1ccc(NC(=O)CCC2CCCN2)cc1F. The van der Waals surface area contributed by atoms with E-state index in [4.69, 9.17) is 4.74 Å². The molecule has 1 atom stereocenters. The van der Waals surface area contributed by atoms with Gasteiger partial charge in [0.15, 0.2) is 11.6 Å². The number of rotatable bonds is 6. The number of carbonyl (C=O) groups is 1. The fraction of sp³-hybridized carbons (Fsp3) is 0.533. The van der Waals surface area contributed by atoms with Gasteiger partial charge in [0.1, 0.15) is 0 Å². The van der Waals surface area contributed by atoms with E-state index in [9.17, 15) is 9.18 Å². The molecule has 0 bridgehead atoms. The molecule has 1 aliphatic rings. The van der Waals surface area contributed by atoms with E-state index in [0.29, 0.717) is 24.8 Å². The van der Waals surface area contributed by atoms with Gasteiger partial charge in [-0.2, -0.15) is 0 Å². The number of ether oxygens (including phenoxy) is 1. The van der Waals surface area contributed by atoms with E-state index in [1.165, 1.54) is 18.6 Å². The number of benzene rings is 1. The van der Waals surface area contributed by atoms with Crippen LogP contribution in [0.4, 0.5) is 10.1 Å². The summed E-state index contributed by atoms with van der Waals surface area (Å²) in [6, 6.07) is 4.92. The molecule has 1 unspecified atom stereocenters. The zero-order chi connectivity index (χ0) is 14.4. The molecular formula is C15H21FN2O2. The summed E-state index contributed by atoms with van der Waals surface area (Å²) in [6.07, 6.45) is 3.58. The Morgan fingerprint density at radius 1 is 1.55 bits per heavy atom. The van der Waals surface area contributed by atoms with Crippen LogP contribution in [0.25, 0.3) is 0 Å². The zero-order valence-electron chi connectivity index (χ0n) is 11.7. The molecule has 1 fully saturated rings. The highest BCUT2D eigenvalue weighted by Gasteiger charge is 2.15. The first-order valence-corrected chi connectivity index (χ1v) is 7.14. The number of amides is 1. The summed E-state index contributed by atoms with van der Waals surface area (Å²) in [5.41, 5.74) is 0.468. The molecule has 1 amide bonds. The summed E-state index contributed by atoms with van der Waals surface area (Å²) in [5, 5.41) is 6.06. The molecule has 0 radical (unpaired) electrons. The molecule has 1 aromatic rings. The Labute approximate surface area is 118 Å². The third-order valence-electron chi connectivity index (χ3n) is 3.40. The first-order chi connectivity index (χ1) is 9.69. The highest BCUT2D eigenvalue weighted by atomic mass is 19.1. The van der Waals surface area contributed by atoms with Gasteiger partial charge in [-0.05, 0) is 44.9 Å². The maximum Gasteiger partial charge on any atom is 0.224 e. The lowest BCUT2D eigenvalue weighted by molar-refractivity contribution is -0.116. The minimum atomic E-state index is -0.456. The molecule has 0 aromatic heterocycles. The summed E-state index contributed by atoms with van der Waals surface area (Å²) in [7, 11) is 0. The average Bonchev–Trinajstić information content (AvgIpc) is 2.93. The standard InChI is InChI=1S/C15H21FN2O2/c1-2-20-14-7-5-12(10-13(14)16)18-15(19)8-6-11-4-3-9-17-11/h5,7,10-11,17H,2-4,6,8-9H2,1H3,(H,18,19). The van der Waals surface area contributed by atoms with Crippen molar-refractivity contribution in [3.8, 4) is 5.75 Å². The van der Waals surface area contributed by atoms with Crippen molar-refractivity contribution >= 4 is 11.6 Å². The molecule has 20 heavy (non-hydrogen) atoms. The van der Waals surface area contributed by atoms with Crippen LogP contribution in [0.1, 0.15) is 32.6 Å². The van der Waals surface area contributed by atoms with Gasteiger partial charge in [-0.25, -0.2) is 4.39 Å². The number of hydrogen-bond acceptors (Lipinski definition) is 3. The van der Waals surface area contributed by atoms with Crippen LogP contribution in [-0.4, -0.2) is 25.1 Å². The van der Waals surface area contributed by atoms with Gasteiger partial charge in [-0.15, -0.1) is 0 Å². The van der Waals surface area contributed by atoms with Crippen LogP contribution in [0, 0.1) is 5.82 Å². The summed E-state index contributed by atoms with van der Waals surface area (Å²) in [6.45, 7) is 3.25. The van der Waals surface area contributed by atoms with E-state index in [-0.39, 0.29) is 11.7 Å². The lowest BCUT2D eigenvalue weighted by Gasteiger charge is -2.11. The smallest absolute Gasteiger partial charge is 0.224 e. The molecule has 0 aliphatic carbocycles. The fourth-order valence-corrected chi connectivity index (χ4v) is 2.38. The van der Waals surface area contributed by atoms with Gasteiger partial charge >= 0.3 is 0 Å². The average molecular weight is 280 g/mol. The van der Waals surface area contributed by atoms with Crippen molar-refractivity contribution in [3.05, 3.63) is 24.0 Å². The number of halogens is 1. The van der Waals surface area contributed by atoms with Gasteiger partial charge in [-0.3, -0.25) is 4.79 Å². The molecule has 0 spiro atoms. The van der Waals surface area contributed by atoms with E-state index < -0.39 is 5.82 Å². The third-order valence-corrected chi connectivity index (χ3v) is 3.40. The fourth-order valence-electron chi connectivity index (χ4n) is 2.38. The van der Waals surface area contributed by atoms with Gasteiger partial charge in [0, 0.05) is 24.2 Å². The molecule has 1 saturated heterocycles. The van der Waals surface area contributed by atoms with Crippen LogP contribution in [0.2, 0.25) is 0 Å². The van der Waals surface area contributed by atoms with Crippen molar-refractivity contribution in [3.63, 3.8) is 0 Å². The van der Waals surface area contributed by atoms with Gasteiger partial charge in [0.05, 0.1) is 6.61 Å². The van der Waals surface area contributed by atoms with Gasteiger partial charge < -0.3 is 15.4 Å². The predicted molar refractivity (Wildman–Crippen MR) is 76.5 cm³/mol. The Morgan fingerprint density at radius 3 is 3.05 bits per heavy atom. The maximum atomic E-state index is 13.6. The van der Waals surface area contributed by atoms with Crippen LogP contribution in [0.5, 0.6) is 5.75 Å². The Morgan fingerprint density at radius 2 is 2.40 bits per heavy atom. The van der Waals surface area contributed by atoms with Gasteiger partial charge in [0.2, 0.25) is 5.91 Å². The number of anilines is 1. The molecular weight excluding hydrogens is 259 g/mol. The Kier molecular flexibility index (Phi) is 5.35. The molecule has 110 valence electrons. The van der Waals surface area contributed by atoms with Crippen LogP contribution in [0.15, 0.2) is 18.2 Å². The van der Waals surface area contributed by atoms with Crippen LogP contribution in [-0.2, 0) is 4.79 Å². The Bertz CT molecular complexity index is 459. The van der Waals surface area contributed by atoms with Crippen molar-refractivity contribution in [1.29, 1.82) is 0 Å². The minimum Gasteiger partial charge on any atom is -0.491 e. The minimum absolute atomic E-state index is 0.0812. The quantitative estimate of drug-likeness (QED) is 0.842.